The van der Waals surface area contributed by atoms with Gasteiger partial charge in [0.15, 0.2) is 0 Å². The summed E-state index contributed by atoms with van der Waals surface area (Å²) in [7, 11) is 1.64. The monoisotopic (exact) mass is 319 g/mol. The molecular weight excluding hydrogens is 306 g/mol. The first-order valence-electron chi connectivity index (χ1n) is 6.56. The summed E-state index contributed by atoms with van der Waals surface area (Å²) in [5.41, 5.74) is 0.898. The molecule has 0 saturated carbocycles. The lowest BCUT2D eigenvalue weighted by atomic mass is 10.2. The molecule has 0 aliphatic rings. The second kappa shape index (κ2) is 5.87. The van der Waals surface area contributed by atoms with E-state index in [-0.39, 0.29) is 5.28 Å². The molecule has 2 heterocycles. The average Bonchev–Trinajstić information content (AvgIpc) is 2.90. The van der Waals surface area contributed by atoms with Gasteiger partial charge in [-0.2, -0.15) is 4.98 Å². The molecule has 21 heavy (non-hydrogen) atoms. The number of benzene rings is 1. The third-order valence-corrected chi connectivity index (χ3v) is 4.44. The molecule has 0 radical (unpaired) electrons. The largest absolute Gasteiger partial charge is 0.497 e. The van der Waals surface area contributed by atoms with Crippen molar-refractivity contribution in [1.29, 1.82) is 0 Å². The van der Waals surface area contributed by atoms with Crippen LogP contribution in [0.3, 0.4) is 0 Å². The van der Waals surface area contributed by atoms with Crippen LogP contribution in [0.2, 0.25) is 5.28 Å². The van der Waals surface area contributed by atoms with E-state index in [2.05, 4.69) is 28.3 Å². The van der Waals surface area contributed by atoms with E-state index in [0.717, 1.165) is 28.1 Å². The van der Waals surface area contributed by atoms with Crippen molar-refractivity contribution in [1.82, 2.24) is 9.97 Å². The number of aromatic nitrogens is 2. The number of nitrogens with zero attached hydrogens (tertiary/aromatic N) is 2. The standard InChI is InChI=1S/C15H14ClN3OS/c1-3-11-8-12-13(18-15(16)19-14(12)21-11)17-9-5-4-6-10(7-9)20-2/h4-8H,3H2,1-2H3,(H,17,18,19). The highest BCUT2D eigenvalue weighted by Crippen LogP contribution is 2.32. The Balaban J connectivity index is 2.04. The first-order valence-corrected chi connectivity index (χ1v) is 7.76. The van der Waals surface area contributed by atoms with Crippen LogP contribution in [0.1, 0.15) is 11.8 Å². The molecule has 0 saturated heterocycles. The Morgan fingerprint density at radius 1 is 1.29 bits per heavy atom. The summed E-state index contributed by atoms with van der Waals surface area (Å²) < 4.78 is 5.23. The number of halogens is 1. The van der Waals surface area contributed by atoms with E-state index in [1.165, 1.54) is 4.88 Å². The van der Waals surface area contributed by atoms with Gasteiger partial charge in [0.05, 0.1) is 12.5 Å². The van der Waals surface area contributed by atoms with Crippen molar-refractivity contribution in [3.05, 3.63) is 40.5 Å². The van der Waals surface area contributed by atoms with Crippen LogP contribution < -0.4 is 10.1 Å². The molecule has 0 fully saturated rings. The van der Waals surface area contributed by atoms with Gasteiger partial charge in [-0.15, -0.1) is 11.3 Å². The second-order valence-corrected chi connectivity index (χ2v) is 5.94. The number of hydrogen-bond acceptors (Lipinski definition) is 5. The molecule has 2 aromatic heterocycles. The molecule has 1 aromatic carbocycles. The number of fused-ring (bicyclic) bond motifs is 1. The number of aryl methyl sites for hydroxylation is 1. The van der Waals surface area contributed by atoms with E-state index < -0.39 is 0 Å². The van der Waals surface area contributed by atoms with Gasteiger partial charge in [0.1, 0.15) is 16.4 Å². The molecule has 0 aliphatic heterocycles. The van der Waals surface area contributed by atoms with E-state index in [4.69, 9.17) is 16.3 Å². The number of anilines is 2. The molecule has 4 nitrogen and oxygen atoms in total. The molecule has 0 bridgehead atoms. The molecule has 6 heteroatoms. The maximum atomic E-state index is 6.02. The van der Waals surface area contributed by atoms with Crippen LogP contribution in [-0.2, 0) is 6.42 Å². The second-order valence-electron chi connectivity index (χ2n) is 4.48. The predicted octanol–water partition coefficient (Wildman–Crippen LogP) is 4.66. The van der Waals surface area contributed by atoms with E-state index in [1.807, 2.05) is 24.3 Å². The predicted molar refractivity (Wildman–Crippen MR) is 88.1 cm³/mol. The van der Waals surface area contributed by atoms with Crippen molar-refractivity contribution in [2.75, 3.05) is 12.4 Å². The summed E-state index contributed by atoms with van der Waals surface area (Å²) in [5.74, 6) is 1.50. The fourth-order valence-corrected chi connectivity index (χ4v) is 3.24. The Labute approximate surface area is 131 Å². The molecule has 3 rings (SSSR count). The summed E-state index contributed by atoms with van der Waals surface area (Å²) in [6.45, 7) is 2.12. The van der Waals surface area contributed by atoms with Crippen molar-refractivity contribution in [2.24, 2.45) is 0 Å². The van der Waals surface area contributed by atoms with Crippen molar-refractivity contribution < 1.29 is 4.74 Å². The van der Waals surface area contributed by atoms with Gasteiger partial charge in [0.25, 0.3) is 0 Å². The number of hydrogen-bond donors (Lipinski definition) is 1. The third-order valence-electron chi connectivity index (χ3n) is 3.10. The zero-order valence-corrected chi connectivity index (χ0v) is 13.3. The van der Waals surface area contributed by atoms with E-state index in [9.17, 15) is 0 Å². The quantitative estimate of drug-likeness (QED) is 0.710. The van der Waals surface area contributed by atoms with Gasteiger partial charge in [0.2, 0.25) is 5.28 Å². The molecule has 1 N–H and O–H groups in total. The summed E-state index contributed by atoms with van der Waals surface area (Å²) >= 11 is 7.66. The van der Waals surface area contributed by atoms with Crippen LogP contribution in [0.4, 0.5) is 11.5 Å². The van der Waals surface area contributed by atoms with Crippen molar-refractivity contribution in [3.63, 3.8) is 0 Å². The molecule has 0 aliphatic carbocycles. The molecule has 3 aromatic rings. The van der Waals surface area contributed by atoms with E-state index in [1.54, 1.807) is 18.4 Å². The lowest BCUT2D eigenvalue weighted by Gasteiger charge is -2.08. The molecule has 0 atom stereocenters. The Hall–Kier alpha value is -1.85. The fourth-order valence-electron chi connectivity index (χ4n) is 2.05. The van der Waals surface area contributed by atoms with Crippen molar-refractivity contribution >= 4 is 44.7 Å². The van der Waals surface area contributed by atoms with Crippen molar-refractivity contribution in [3.8, 4) is 5.75 Å². The Bertz CT molecular complexity index is 788. The molecule has 0 unspecified atom stereocenters. The van der Waals surface area contributed by atoms with E-state index in [0.29, 0.717) is 5.82 Å². The highest BCUT2D eigenvalue weighted by atomic mass is 35.5. The van der Waals surface area contributed by atoms with Crippen LogP contribution in [0.15, 0.2) is 30.3 Å². The maximum Gasteiger partial charge on any atom is 0.225 e. The SMILES string of the molecule is CCc1cc2c(Nc3cccc(OC)c3)nc(Cl)nc2s1. The lowest BCUT2D eigenvalue weighted by molar-refractivity contribution is 0.415. The number of methoxy groups -OCH3 is 1. The summed E-state index contributed by atoms with van der Waals surface area (Å²) in [5, 5.41) is 4.53. The Morgan fingerprint density at radius 3 is 2.90 bits per heavy atom. The van der Waals surface area contributed by atoms with Gasteiger partial charge in [-0.1, -0.05) is 13.0 Å². The van der Waals surface area contributed by atoms with Gasteiger partial charge in [-0.05, 0) is 36.2 Å². The Morgan fingerprint density at radius 2 is 2.14 bits per heavy atom. The summed E-state index contributed by atoms with van der Waals surface area (Å²) in [6.07, 6.45) is 0.969. The third kappa shape index (κ3) is 2.94. The zero-order chi connectivity index (χ0) is 14.8. The number of ether oxygens (including phenoxy) is 1. The van der Waals surface area contributed by atoms with Crippen LogP contribution >= 0.6 is 22.9 Å². The van der Waals surface area contributed by atoms with Gasteiger partial charge >= 0.3 is 0 Å². The van der Waals surface area contributed by atoms with Crippen LogP contribution in [0, 0.1) is 0 Å². The molecular formula is C15H14ClN3OS. The lowest BCUT2D eigenvalue weighted by Crippen LogP contribution is -1.96. The smallest absolute Gasteiger partial charge is 0.225 e. The van der Waals surface area contributed by atoms with Gasteiger partial charge < -0.3 is 10.1 Å². The highest BCUT2D eigenvalue weighted by molar-refractivity contribution is 7.18. The normalized spacial score (nSPS) is 10.8. The number of thiophene rings is 1. The highest BCUT2D eigenvalue weighted by Gasteiger charge is 2.11. The van der Waals surface area contributed by atoms with Gasteiger partial charge in [-0.3, -0.25) is 0 Å². The van der Waals surface area contributed by atoms with Crippen LogP contribution in [0.25, 0.3) is 10.2 Å². The van der Waals surface area contributed by atoms with Crippen LogP contribution in [0.5, 0.6) is 5.75 Å². The zero-order valence-electron chi connectivity index (χ0n) is 11.7. The topological polar surface area (TPSA) is 47.0 Å². The first kappa shape index (κ1) is 14.1. The molecule has 108 valence electrons. The maximum absolute atomic E-state index is 6.02. The van der Waals surface area contributed by atoms with Crippen LogP contribution in [-0.4, -0.2) is 17.1 Å². The number of nitrogens with one attached hydrogen (secondary N) is 1. The Kier molecular flexibility index (Phi) is 3.94. The first-order chi connectivity index (χ1) is 10.2. The van der Waals surface area contributed by atoms with Crippen molar-refractivity contribution in [2.45, 2.75) is 13.3 Å². The minimum absolute atomic E-state index is 0.248. The summed E-state index contributed by atoms with van der Waals surface area (Å²) in [6, 6.07) is 9.80. The molecule has 0 spiro atoms. The van der Waals surface area contributed by atoms with Gasteiger partial charge in [0, 0.05) is 16.6 Å². The minimum Gasteiger partial charge on any atom is -0.497 e. The van der Waals surface area contributed by atoms with E-state index >= 15 is 0 Å². The number of rotatable bonds is 4. The van der Waals surface area contributed by atoms with Gasteiger partial charge in [-0.25, -0.2) is 4.98 Å². The summed E-state index contributed by atoms with van der Waals surface area (Å²) in [4.78, 5) is 10.8. The molecule has 0 amide bonds. The fraction of sp³-hybridized carbons (Fsp3) is 0.200. The minimum atomic E-state index is 0.248. The average molecular weight is 320 g/mol.